The monoisotopic (exact) mass is 452 g/mol. The number of carboxylic acid groups (broad SMARTS) is 1. The lowest BCUT2D eigenvalue weighted by atomic mass is 9.94. The fourth-order valence-corrected chi connectivity index (χ4v) is 5.85. The Morgan fingerprint density at radius 2 is 1.41 bits per heavy atom. The second kappa shape index (κ2) is 10.5. The van der Waals surface area contributed by atoms with Crippen molar-refractivity contribution in [3.63, 3.8) is 0 Å². The van der Waals surface area contributed by atoms with Gasteiger partial charge in [-0.3, -0.25) is 4.79 Å². The third kappa shape index (κ3) is 5.56. The molecule has 3 aromatic rings. The highest BCUT2D eigenvalue weighted by Gasteiger charge is 2.49. The first-order chi connectivity index (χ1) is 15.4. The molecular formula is C26H28O5S. The molecule has 6 heteroatoms. The van der Waals surface area contributed by atoms with Gasteiger partial charge in [-0.15, -0.1) is 0 Å². The lowest BCUT2D eigenvalue weighted by molar-refractivity contribution is -0.140. The zero-order chi connectivity index (χ0) is 23.0. The molecule has 0 aliphatic rings. The van der Waals surface area contributed by atoms with Gasteiger partial charge in [-0.05, 0) is 35.2 Å². The minimum Gasteiger partial charge on any atom is -0.489 e. The average molecular weight is 453 g/mol. The molecule has 32 heavy (non-hydrogen) atoms. The number of ether oxygens (including phenoxy) is 1. The van der Waals surface area contributed by atoms with E-state index in [1.807, 2.05) is 36.4 Å². The maximum atomic E-state index is 13.4. The van der Waals surface area contributed by atoms with E-state index < -0.39 is 20.6 Å². The van der Waals surface area contributed by atoms with Gasteiger partial charge in [0.05, 0.1) is 5.75 Å². The Morgan fingerprint density at radius 3 is 1.94 bits per heavy atom. The summed E-state index contributed by atoms with van der Waals surface area (Å²) < 4.78 is 30.8. The molecule has 0 radical (unpaired) electrons. The van der Waals surface area contributed by atoms with Gasteiger partial charge in [-0.2, -0.15) is 0 Å². The van der Waals surface area contributed by atoms with E-state index >= 15 is 0 Å². The normalized spacial score (nSPS) is 13.3. The summed E-state index contributed by atoms with van der Waals surface area (Å²) in [6.45, 7) is 2.21. The van der Waals surface area contributed by atoms with E-state index in [-0.39, 0.29) is 18.6 Å². The number of hydrogen-bond acceptors (Lipinski definition) is 4. The molecule has 168 valence electrons. The van der Waals surface area contributed by atoms with Crippen molar-refractivity contribution in [1.82, 2.24) is 0 Å². The molecule has 5 nitrogen and oxygen atoms in total. The third-order valence-corrected chi connectivity index (χ3v) is 7.93. The van der Waals surface area contributed by atoms with Crippen LogP contribution in [0.1, 0.15) is 36.5 Å². The molecular weight excluding hydrogens is 424 g/mol. The number of hydrogen-bond donors (Lipinski definition) is 1. The number of carboxylic acids is 1. The van der Waals surface area contributed by atoms with Crippen LogP contribution in [0.25, 0.3) is 0 Å². The molecule has 0 bridgehead atoms. The minimum atomic E-state index is -4.01. The Kier molecular flexibility index (Phi) is 7.70. The lowest BCUT2D eigenvalue weighted by Crippen LogP contribution is -2.49. The van der Waals surface area contributed by atoms with Gasteiger partial charge in [0.15, 0.2) is 14.6 Å². The fraction of sp³-hybridized carbons (Fsp3) is 0.269. The molecule has 3 aromatic carbocycles. The van der Waals surface area contributed by atoms with Gasteiger partial charge in [0.2, 0.25) is 0 Å². The molecule has 0 saturated carbocycles. The minimum absolute atomic E-state index is 0.0534. The molecule has 1 N–H and O–H groups in total. The van der Waals surface area contributed by atoms with Gasteiger partial charge in [0, 0.05) is 6.42 Å². The number of benzene rings is 3. The lowest BCUT2D eigenvalue weighted by Gasteiger charge is -2.29. The topological polar surface area (TPSA) is 80.7 Å². The van der Waals surface area contributed by atoms with Crippen LogP contribution in [0.5, 0.6) is 5.75 Å². The number of sulfone groups is 1. The first-order valence-corrected chi connectivity index (χ1v) is 12.3. The summed E-state index contributed by atoms with van der Waals surface area (Å²) in [6.07, 6.45) is 0.445. The Bertz CT molecular complexity index is 1110. The van der Waals surface area contributed by atoms with Crippen LogP contribution >= 0.6 is 0 Å². The van der Waals surface area contributed by atoms with Gasteiger partial charge in [0.1, 0.15) is 12.4 Å². The fourth-order valence-electron chi connectivity index (χ4n) is 3.78. The van der Waals surface area contributed by atoms with Crippen molar-refractivity contribution in [2.45, 2.75) is 43.3 Å². The quantitative estimate of drug-likeness (QED) is 0.440. The molecule has 0 spiro atoms. The van der Waals surface area contributed by atoms with E-state index in [4.69, 9.17) is 4.74 Å². The summed E-state index contributed by atoms with van der Waals surface area (Å²) in [7, 11) is -4.01. The molecule has 0 fully saturated rings. The molecule has 1 unspecified atom stereocenters. The van der Waals surface area contributed by atoms with E-state index in [0.717, 1.165) is 5.56 Å². The van der Waals surface area contributed by atoms with Crippen LogP contribution in [0.4, 0.5) is 0 Å². The SMILES string of the molecule is CCCC(Cc1ccccc1)(C(=O)O)S(=O)(=O)Cc1ccc(OCc2ccccc2)cc1. The van der Waals surface area contributed by atoms with Gasteiger partial charge in [-0.1, -0.05) is 86.1 Å². The first kappa shape index (κ1) is 23.5. The predicted molar refractivity (Wildman–Crippen MR) is 125 cm³/mol. The van der Waals surface area contributed by atoms with Crippen molar-refractivity contribution in [2.75, 3.05) is 0 Å². The Labute approximate surface area is 189 Å². The van der Waals surface area contributed by atoms with Crippen LogP contribution < -0.4 is 4.74 Å². The summed E-state index contributed by atoms with van der Waals surface area (Å²) in [4.78, 5) is 12.3. The molecule has 3 rings (SSSR count). The Balaban J connectivity index is 1.78. The third-order valence-electron chi connectivity index (χ3n) is 5.50. The highest BCUT2D eigenvalue weighted by Crippen LogP contribution is 2.32. The van der Waals surface area contributed by atoms with Crippen molar-refractivity contribution in [2.24, 2.45) is 0 Å². The van der Waals surface area contributed by atoms with E-state index in [1.54, 1.807) is 55.5 Å². The molecule has 0 heterocycles. The van der Waals surface area contributed by atoms with Crippen molar-refractivity contribution in [3.05, 3.63) is 102 Å². The highest BCUT2D eigenvalue weighted by atomic mass is 32.2. The summed E-state index contributed by atoms with van der Waals surface area (Å²) in [5.74, 6) is -1.02. The van der Waals surface area contributed by atoms with Crippen molar-refractivity contribution in [1.29, 1.82) is 0 Å². The van der Waals surface area contributed by atoms with Crippen molar-refractivity contribution in [3.8, 4) is 5.75 Å². The van der Waals surface area contributed by atoms with Crippen LogP contribution in [0.15, 0.2) is 84.9 Å². The van der Waals surface area contributed by atoms with Crippen LogP contribution in [-0.2, 0) is 33.4 Å². The first-order valence-electron chi connectivity index (χ1n) is 10.6. The largest absolute Gasteiger partial charge is 0.489 e. The molecule has 0 aliphatic heterocycles. The number of carbonyl (C=O) groups is 1. The van der Waals surface area contributed by atoms with E-state index in [9.17, 15) is 18.3 Å². The molecule has 1 atom stereocenters. The standard InChI is InChI=1S/C26H28O5S/c1-2-17-26(25(27)28,18-21-9-5-3-6-10-21)32(29,30)20-23-13-15-24(16-14-23)31-19-22-11-7-4-8-12-22/h3-16H,2,17-20H2,1H3,(H,27,28). The van der Waals surface area contributed by atoms with Crippen LogP contribution in [0.3, 0.4) is 0 Å². The maximum absolute atomic E-state index is 13.4. The second-order valence-corrected chi connectivity index (χ2v) is 10.2. The van der Waals surface area contributed by atoms with Gasteiger partial charge >= 0.3 is 5.97 Å². The molecule has 0 amide bonds. The Morgan fingerprint density at radius 1 is 0.844 bits per heavy atom. The van der Waals surface area contributed by atoms with E-state index in [1.165, 1.54) is 0 Å². The number of rotatable bonds is 11. The van der Waals surface area contributed by atoms with Crippen molar-refractivity contribution >= 4 is 15.8 Å². The van der Waals surface area contributed by atoms with Gasteiger partial charge < -0.3 is 9.84 Å². The summed E-state index contributed by atoms with van der Waals surface area (Å²) in [6, 6.07) is 25.5. The highest BCUT2D eigenvalue weighted by molar-refractivity contribution is 7.92. The summed E-state index contributed by atoms with van der Waals surface area (Å²) >= 11 is 0. The smallest absolute Gasteiger partial charge is 0.325 e. The maximum Gasteiger partial charge on any atom is 0.325 e. The zero-order valence-corrected chi connectivity index (χ0v) is 18.9. The molecule has 0 aliphatic carbocycles. The second-order valence-electron chi connectivity index (χ2n) is 7.89. The summed E-state index contributed by atoms with van der Waals surface area (Å²) in [5, 5.41) is 10.1. The van der Waals surface area contributed by atoms with E-state index in [2.05, 4.69) is 0 Å². The van der Waals surface area contributed by atoms with Crippen molar-refractivity contribution < 1.29 is 23.1 Å². The van der Waals surface area contributed by atoms with Crippen LogP contribution in [0.2, 0.25) is 0 Å². The Hall–Kier alpha value is -3.12. The molecule has 0 aromatic heterocycles. The average Bonchev–Trinajstić information content (AvgIpc) is 2.79. The zero-order valence-electron chi connectivity index (χ0n) is 18.1. The summed E-state index contributed by atoms with van der Waals surface area (Å²) in [5.41, 5.74) is 2.26. The predicted octanol–water partition coefficient (Wildman–Crippen LogP) is 5.05. The van der Waals surface area contributed by atoms with Crippen LogP contribution in [-0.4, -0.2) is 24.2 Å². The molecule has 0 saturated heterocycles. The number of aliphatic carboxylic acids is 1. The van der Waals surface area contributed by atoms with Crippen LogP contribution in [0, 0.1) is 0 Å². The van der Waals surface area contributed by atoms with Gasteiger partial charge in [0.25, 0.3) is 0 Å². The van der Waals surface area contributed by atoms with E-state index in [0.29, 0.717) is 29.9 Å². The van der Waals surface area contributed by atoms with Gasteiger partial charge in [-0.25, -0.2) is 8.42 Å².